The molecule has 236 valence electrons. The number of carbonyl (C=O) groups excluding carboxylic acids is 1. The lowest BCUT2D eigenvalue weighted by molar-refractivity contribution is 0.0951. The average Bonchev–Trinajstić information content (AvgIpc) is 3.03. The van der Waals surface area contributed by atoms with Crippen molar-refractivity contribution in [3.63, 3.8) is 0 Å². The predicted molar refractivity (Wildman–Crippen MR) is 176 cm³/mol. The SMILES string of the molecule is CCn1cc(C(=O)NCCCCCCCCCCCCn2c3nc(=O)[nH]c(=O)c-3nc3ccccc32)c(=O)c2ccc(C)nc21. The van der Waals surface area contributed by atoms with E-state index in [4.69, 9.17) is 0 Å². The van der Waals surface area contributed by atoms with E-state index in [1.54, 1.807) is 18.3 Å². The Bertz CT molecular complexity index is 1940. The van der Waals surface area contributed by atoms with E-state index in [2.05, 4.69) is 25.3 Å². The minimum absolute atomic E-state index is 0.166. The van der Waals surface area contributed by atoms with Crippen molar-refractivity contribution in [2.45, 2.75) is 91.1 Å². The molecule has 0 saturated heterocycles. The predicted octanol–water partition coefficient (Wildman–Crippen LogP) is 4.95. The molecule has 4 heterocycles. The van der Waals surface area contributed by atoms with Gasteiger partial charge in [-0.05, 0) is 51.0 Å². The third kappa shape index (κ3) is 7.53. The summed E-state index contributed by atoms with van der Waals surface area (Å²) in [5.74, 6) is 0.0107. The molecule has 0 saturated carbocycles. The van der Waals surface area contributed by atoms with Crippen LogP contribution in [0.25, 0.3) is 33.6 Å². The first kappa shape index (κ1) is 31.7. The summed E-state index contributed by atoms with van der Waals surface area (Å²) in [5, 5.41) is 3.39. The van der Waals surface area contributed by atoms with Gasteiger partial charge in [0.2, 0.25) is 5.43 Å². The molecule has 5 rings (SSSR count). The number of rotatable bonds is 15. The highest BCUT2D eigenvalue weighted by Crippen LogP contribution is 2.21. The van der Waals surface area contributed by atoms with Crippen LogP contribution in [0.4, 0.5) is 0 Å². The molecule has 2 N–H and O–H groups in total. The minimum Gasteiger partial charge on any atom is -0.352 e. The Kier molecular flexibility index (Phi) is 10.5. The number of para-hydroxylation sites is 2. The van der Waals surface area contributed by atoms with Gasteiger partial charge in [0.05, 0.1) is 16.4 Å². The number of pyridine rings is 2. The fourth-order valence-electron chi connectivity index (χ4n) is 5.84. The van der Waals surface area contributed by atoms with E-state index >= 15 is 0 Å². The zero-order chi connectivity index (χ0) is 31.8. The van der Waals surface area contributed by atoms with Gasteiger partial charge in [0, 0.05) is 31.5 Å². The van der Waals surface area contributed by atoms with Crippen molar-refractivity contribution in [2.75, 3.05) is 6.54 Å². The van der Waals surface area contributed by atoms with Crippen LogP contribution in [0.2, 0.25) is 0 Å². The molecular formula is C34H41N7O4. The molecule has 3 aromatic rings. The molecule has 1 amide bonds. The number of nitrogens with one attached hydrogen (secondary N) is 2. The summed E-state index contributed by atoms with van der Waals surface area (Å²) in [5.41, 5.74) is 1.94. The molecule has 2 aliphatic rings. The molecule has 0 spiro atoms. The number of hydrogen-bond donors (Lipinski definition) is 2. The zero-order valence-electron chi connectivity index (χ0n) is 26.1. The first-order chi connectivity index (χ1) is 21.9. The summed E-state index contributed by atoms with van der Waals surface area (Å²) in [6, 6.07) is 11.2. The molecular weight excluding hydrogens is 570 g/mol. The minimum atomic E-state index is -0.653. The Morgan fingerprint density at radius 2 is 1.53 bits per heavy atom. The Labute approximate surface area is 261 Å². The van der Waals surface area contributed by atoms with E-state index in [0.717, 1.165) is 62.6 Å². The standard InChI is InChI=1S/C34H41N7O4/c1-3-40-22-25(29(42)24-19-18-23(2)36-30(24)40)32(43)35-20-14-10-8-6-4-5-7-9-11-15-21-41-27-17-13-12-16-26(27)37-28-31(41)38-34(45)39-33(28)44/h12-13,16-19,22H,3-11,14-15,20-21H2,1-2H3,(H,35,43)(H,39,44,45). The van der Waals surface area contributed by atoms with E-state index in [1.165, 1.54) is 12.8 Å². The second-order valence-corrected chi connectivity index (χ2v) is 11.6. The van der Waals surface area contributed by atoms with Crippen molar-refractivity contribution >= 4 is 28.0 Å². The van der Waals surface area contributed by atoms with Gasteiger partial charge in [-0.3, -0.25) is 19.4 Å². The summed E-state index contributed by atoms with van der Waals surface area (Å²) in [4.78, 5) is 65.1. The fraction of sp³-hybridized carbons (Fsp3) is 0.441. The molecule has 0 atom stereocenters. The Hall–Kier alpha value is -4.67. The van der Waals surface area contributed by atoms with Gasteiger partial charge in [-0.2, -0.15) is 4.98 Å². The fourth-order valence-corrected chi connectivity index (χ4v) is 5.84. The van der Waals surface area contributed by atoms with E-state index in [9.17, 15) is 19.2 Å². The van der Waals surface area contributed by atoms with Crippen LogP contribution >= 0.6 is 0 Å². The van der Waals surface area contributed by atoms with Crippen LogP contribution in [-0.2, 0) is 13.1 Å². The van der Waals surface area contributed by atoms with Gasteiger partial charge in [-0.15, -0.1) is 0 Å². The number of aryl methyl sites for hydroxylation is 3. The van der Waals surface area contributed by atoms with Gasteiger partial charge in [0.15, 0.2) is 11.5 Å². The van der Waals surface area contributed by atoms with Crippen molar-refractivity contribution in [3.05, 3.63) is 84.9 Å². The van der Waals surface area contributed by atoms with Crippen molar-refractivity contribution in [1.82, 2.24) is 34.4 Å². The van der Waals surface area contributed by atoms with Crippen molar-refractivity contribution in [2.24, 2.45) is 0 Å². The van der Waals surface area contributed by atoms with E-state index < -0.39 is 11.2 Å². The second-order valence-electron chi connectivity index (χ2n) is 11.6. The maximum absolute atomic E-state index is 12.9. The molecule has 0 bridgehead atoms. The van der Waals surface area contributed by atoms with Gasteiger partial charge in [0.1, 0.15) is 11.2 Å². The highest BCUT2D eigenvalue weighted by atomic mass is 16.2. The largest absolute Gasteiger partial charge is 0.352 e. The number of aromatic nitrogens is 6. The van der Waals surface area contributed by atoms with Crippen LogP contribution in [0.3, 0.4) is 0 Å². The van der Waals surface area contributed by atoms with Gasteiger partial charge < -0.3 is 14.5 Å². The molecule has 11 heteroatoms. The summed E-state index contributed by atoms with van der Waals surface area (Å²) in [6.45, 7) is 5.69. The monoisotopic (exact) mass is 611 g/mol. The number of carbonyl (C=O) groups is 1. The summed E-state index contributed by atoms with van der Waals surface area (Å²) < 4.78 is 3.80. The molecule has 0 fully saturated rings. The molecule has 1 aromatic carbocycles. The first-order valence-electron chi connectivity index (χ1n) is 16.1. The van der Waals surface area contributed by atoms with E-state index in [1.807, 2.05) is 47.2 Å². The third-order valence-electron chi connectivity index (χ3n) is 8.26. The number of nitrogens with zero attached hydrogens (tertiary/aromatic N) is 5. The second kappa shape index (κ2) is 14.9. The number of benzene rings is 1. The number of unbranched alkanes of at least 4 members (excludes halogenated alkanes) is 9. The lowest BCUT2D eigenvalue weighted by Crippen LogP contribution is -2.30. The van der Waals surface area contributed by atoms with Gasteiger partial charge in [-0.1, -0.05) is 63.5 Å². The Morgan fingerprint density at radius 1 is 0.844 bits per heavy atom. The molecule has 45 heavy (non-hydrogen) atoms. The smallest absolute Gasteiger partial charge is 0.349 e. The quantitative estimate of drug-likeness (QED) is 0.126. The Balaban J connectivity index is 0.972. The maximum atomic E-state index is 12.9. The first-order valence-corrected chi connectivity index (χ1v) is 16.1. The van der Waals surface area contributed by atoms with Crippen LogP contribution < -0.4 is 22.0 Å². The molecule has 0 radical (unpaired) electrons. The van der Waals surface area contributed by atoms with Gasteiger partial charge in [0.25, 0.3) is 11.5 Å². The molecule has 11 nitrogen and oxygen atoms in total. The van der Waals surface area contributed by atoms with Gasteiger partial charge >= 0.3 is 5.69 Å². The number of amides is 1. The third-order valence-corrected chi connectivity index (χ3v) is 8.26. The molecule has 2 aromatic heterocycles. The van der Waals surface area contributed by atoms with Crippen LogP contribution in [0.1, 0.15) is 87.2 Å². The highest BCUT2D eigenvalue weighted by molar-refractivity contribution is 5.96. The van der Waals surface area contributed by atoms with Crippen LogP contribution in [0.15, 0.2) is 57.0 Å². The van der Waals surface area contributed by atoms with Crippen molar-refractivity contribution < 1.29 is 4.79 Å². The number of fused-ring (bicyclic) bond motifs is 3. The lowest BCUT2D eigenvalue weighted by atomic mass is 10.1. The lowest BCUT2D eigenvalue weighted by Gasteiger charge is -2.16. The molecule has 0 aliphatic carbocycles. The molecule has 2 aliphatic heterocycles. The number of hydrogen-bond acceptors (Lipinski definition) is 7. The van der Waals surface area contributed by atoms with E-state index in [0.29, 0.717) is 42.0 Å². The maximum Gasteiger partial charge on any atom is 0.349 e. The summed E-state index contributed by atoms with van der Waals surface area (Å²) in [7, 11) is 0. The number of aromatic amines is 1. The topological polar surface area (TPSA) is 145 Å². The molecule has 0 unspecified atom stereocenters. The van der Waals surface area contributed by atoms with Crippen molar-refractivity contribution in [3.8, 4) is 11.5 Å². The normalized spacial score (nSPS) is 11.5. The van der Waals surface area contributed by atoms with Gasteiger partial charge in [-0.25, -0.2) is 14.8 Å². The average molecular weight is 612 g/mol. The van der Waals surface area contributed by atoms with Crippen molar-refractivity contribution in [1.29, 1.82) is 0 Å². The summed E-state index contributed by atoms with van der Waals surface area (Å²) in [6.07, 6.45) is 12.4. The Morgan fingerprint density at radius 3 is 2.27 bits per heavy atom. The zero-order valence-corrected chi connectivity index (χ0v) is 26.1. The van der Waals surface area contributed by atoms with Crippen LogP contribution in [-0.4, -0.2) is 41.5 Å². The van der Waals surface area contributed by atoms with E-state index in [-0.39, 0.29) is 22.6 Å². The highest BCUT2D eigenvalue weighted by Gasteiger charge is 2.18. The number of H-pyrrole nitrogens is 1. The summed E-state index contributed by atoms with van der Waals surface area (Å²) >= 11 is 0. The van der Waals surface area contributed by atoms with Crippen LogP contribution in [0.5, 0.6) is 0 Å². The van der Waals surface area contributed by atoms with Crippen LogP contribution in [0, 0.1) is 6.92 Å².